The number of nitrogens with zero attached hydrogens (tertiary/aromatic N) is 3. The Morgan fingerprint density at radius 1 is 0.793 bits per heavy atom. The number of anilines is 1. The molecule has 3 nitrogen and oxygen atoms in total. The largest absolute Gasteiger partial charge is 0.362 e. The van der Waals surface area contributed by atoms with E-state index >= 15 is 0 Å². The summed E-state index contributed by atoms with van der Waals surface area (Å²) >= 11 is 0. The number of fused-ring (bicyclic) bond motifs is 5. The average Bonchev–Trinajstić information content (AvgIpc) is 3.16. The molecule has 0 unspecified atom stereocenters. The van der Waals surface area contributed by atoms with Gasteiger partial charge in [0, 0.05) is 34.5 Å². The molecule has 1 aromatic heterocycles. The molecule has 0 saturated carbocycles. The van der Waals surface area contributed by atoms with Crippen LogP contribution in [0.4, 0.5) is 5.69 Å². The molecule has 0 atom stereocenters. The van der Waals surface area contributed by atoms with E-state index in [1.165, 1.54) is 33.6 Å². The van der Waals surface area contributed by atoms with Crippen LogP contribution in [0.5, 0.6) is 0 Å². The first kappa shape index (κ1) is 19.8. The molecule has 0 N–H and O–H groups in total. The zero-order valence-electron chi connectivity index (χ0n) is 18.7. The lowest BCUT2D eigenvalue weighted by atomic mass is 9.89. The van der Waals surface area contributed by atoms with E-state index in [4.69, 9.17) is 5.10 Å². The molecular weight excluding hydrogens is 354 g/mol. The Bertz CT molecular complexity index is 1030. The fourth-order valence-corrected chi connectivity index (χ4v) is 4.23. The standard InChI is InChI=1S/C26H33N3/c1-7-25(3,4)28-18-19-13-9-10-14-20(19)24-22(21-15-11-12-16-23(21)28)17-27-29(24)26(5,6)8-2/h9-17H,7-8,18H2,1-6H3. The van der Waals surface area contributed by atoms with Gasteiger partial charge < -0.3 is 4.90 Å². The Kier molecular flexibility index (Phi) is 4.80. The van der Waals surface area contributed by atoms with Gasteiger partial charge in [-0.3, -0.25) is 4.68 Å². The maximum Gasteiger partial charge on any atom is 0.0771 e. The fourth-order valence-electron chi connectivity index (χ4n) is 4.23. The first-order valence-corrected chi connectivity index (χ1v) is 10.8. The van der Waals surface area contributed by atoms with E-state index < -0.39 is 0 Å². The monoisotopic (exact) mass is 387 g/mol. The molecule has 152 valence electrons. The fraction of sp³-hybridized carbons (Fsp3) is 0.423. The quantitative estimate of drug-likeness (QED) is 0.487. The second-order valence-corrected chi connectivity index (χ2v) is 9.41. The highest BCUT2D eigenvalue weighted by Gasteiger charge is 2.33. The van der Waals surface area contributed by atoms with Gasteiger partial charge in [-0.05, 0) is 52.2 Å². The van der Waals surface area contributed by atoms with Gasteiger partial charge in [0.2, 0.25) is 0 Å². The molecule has 0 bridgehead atoms. The van der Waals surface area contributed by atoms with Gasteiger partial charge in [-0.1, -0.05) is 56.3 Å². The summed E-state index contributed by atoms with van der Waals surface area (Å²) in [7, 11) is 0. The molecule has 2 aromatic carbocycles. The van der Waals surface area contributed by atoms with Crippen LogP contribution in [0.2, 0.25) is 0 Å². The Morgan fingerprint density at radius 2 is 1.41 bits per heavy atom. The summed E-state index contributed by atoms with van der Waals surface area (Å²) in [6.07, 6.45) is 4.18. The van der Waals surface area contributed by atoms with Crippen molar-refractivity contribution in [1.82, 2.24) is 9.78 Å². The first-order valence-electron chi connectivity index (χ1n) is 10.8. The van der Waals surface area contributed by atoms with E-state index in [0.717, 1.165) is 19.4 Å². The molecule has 0 radical (unpaired) electrons. The molecule has 29 heavy (non-hydrogen) atoms. The highest BCUT2D eigenvalue weighted by molar-refractivity contribution is 5.90. The van der Waals surface area contributed by atoms with Crippen molar-refractivity contribution in [2.45, 2.75) is 72.0 Å². The van der Waals surface area contributed by atoms with Crippen molar-refractivity contribution in [1.29, 1.82) is 0 Å². The van der Waals surface area contributed by atoms with Crippen LogP contribution in [0.1, 0.15) is 59.9 Å². The summed E-state index contributed by atoms with van der Waals surface area (Å²) in [5, 5.41) is 4.93. The minimum Gasteiger partial charge on any atom is -0.362 e. The van der Waals surface area contributed by atoms with Gasteiger partial charge in [-0.2, -0.15) is 5.10 Å². The third-order valence-electron chi connectivity index (χ3n) is 6.89. The molecular formula is C26H33N3. The Hall–Kier alpha value is -2.55. The highest BCUT2D eigenvalue weighted by Crippen LogP contribution is 2.45. The van der Waals surface area contributed by atoms with Gasteiger partial charge in [-0.15, -0.1) is 0 Å². The lowest BCUT2D eigenvalue weighted by Gasteiger charge is -2.42. The number of hydrogen-bond donors (Lipinski definition) is 0. The smallest absolute Gasteiger partial charge is 0.0771 e. The summed E-state index contributed by atoms with van der Waals surface area (Å²) in [5.74, 6) is 0. The van der Waals surface area contributed by atoms with E-state index in [0.29, 0.717) is 0 Å². The maximum absolute atomic E-state index is 4.93. The van der Waals surface area contributed by atoms with Crippen LogP contribution in [0, 0.1) is 0 Å². The third kappa shape index (κ3) is 3.17. The number of hydrogen-bond acceptors (Lipinski definition) is 2. The van der Waals surface area contributed by atoms with Crippen LogP contribution in [-0.4, -0.2) is 15.3 Å². The van der Waals surface area contributed by atoms with E-state index in [2.05, 4.69) is 106 Å². The molecule has 0 amide bonds. The predicted molar refractivity (Wildman–Crippen MR) is 123 cm³/mol. The summed E-state index contributed by atoms with van der Waals surface area (Å²) in [6, 6.07) is 17.7. The van der Waals surface area contributed by atoms with Crippen LogP contribution >= 0.6 is 0 Å². The van der Waals surface area contributed by atoms with Crippen LogP contribution in [0.3, 0.4) is 0 Å². The molecule has 1 aliphatic rings. The first-order chi connectivity index (χ1) is 13.8. The number of para-hydroxylation sites is 1. The molecule has 0 aliphatic carbocycles. The topological polar surface area (TPSA) is 21.1 Å². The lowest BCUT2D eigenvalue weighted by molar-refractivity contribution is 0.312. The Morgan fingerprint density at radius 3 is 2.10 bits per heavy atom. The van der Waals surface area contributed by atoms with E-state index in [1.54, 1.807) is 0 Å². The molecule has 0 fully saturated rings. The summed E-state index contributed by atoms with van der Waals surface area (Å²) < 4.78 is 2.25. The molecule has 3 heteroatoms. The molecule has 1 aliphatic heterocycles. The van der Waals surface area contributed by atoms with Crippen LogP contribution < -0.4 is 4.90 Å². The summed E-state index contributed by atoms with van der Waals surface area (Å²) in [6.45, 7) is 14.7. The Labute approximate surface area is 175 Å². The van der Waals surface area contributed by atoms with Gasteiger partial charge >= 0.3 is 0 Å². The van der Waals surface area contributed by atoms with Crippen molar-refractivity contribution < 1.29 is 0 Å². The Balaban J connectivity index is 2.08. The third-order valence-corrected chi connectivity index (χ3v) is 6.89. The molecule has 4 rings (SSSR count). The number of benzene rings is 2. The van der Waals surface area contributed by atoms with E-state index in [9.17, 15) is 0 Å². The molecule has 0 saturated heterocycles. The minimum absolute atomic E-state index is 0.0444. The van der Waals surface area contributed by atoms with Crippen molar-refractivity contribution in [3.63, 3.8) is 0 Å². The predicted octanol–water partition coefficient (Wildman–Crippen LogP) is 6.87. The zero-order chi connectivity index (χ0) is 20.8. The minimum atomic E-state index is -0.0444. The lowest BCUT2D eigenvalue weighted by Crippen LogP contribution is -2.43. The van der Waals surface area contributed by atoms with Crippen molar-refractivity contribution >= 4 is 5.69 Å². The normalized spacial score (nSPS) is 13.9. The number of rotatable bonds is 4. The van der Waals surface area contributed by atoms with Crippen LogP contribution in [0.15, 0.2) is 54.7 Å². The van der Waals surface area contributed by atoms with Crippen molar-refractivity contribution in [2.24, 2.45) is 0 Å². The highest BCUT2D eigenvalue weighted by atomic mass is 15.3. The van der Waals surface area contributed by atoms with Crippen molar-refractivity contribution in [2.75, 3.05) is 4.90 Å². The van der Waals surface area contributed by atoms with Gasteiger partial charge in [0.05, 0.1) is 17.4 Å². The second-order valence-electron chi connectivity index (χ2n) is 9.41. The van der Waals surface area contributed by atoms with Gasteiger partial charge in [0.25, 0.3) is 0 Å². The summed E-state index contributed by atoms with van der Waals surface area (Å²) in [5.41, 5.74) is 7.71. The van der Waals surface area contributed by atoms with Gasteiger partial charge in [0.1, 0.15) is 0 Å². The van der Waals surface area contributed by atoms with Gasteiger partial charge in [-0.25, -0.2) is 0 Å². The molecule has 3 aromatic rings. The summed E-state index contributed by atoms with van der Waals surface area (Å²) in [4.78, 5) is 2.58. The molecule has 2 heterocycles. The second kappa shape index (κ2) is 7.05. The SMILES string of the molecule is CCC(C)(C)N1Cc2ccccc2-c2c(cnn2C(C)(C)CC)-c2ccccc21. The molecule has 0 spiro atoms. The van der Waals surface area contributed by atoms with Crippen LogP contribution in [0.25, 0.3) is 22.4 Å². The van der Waals surface area contributed by atoms with Crippen LogP contribution in [-0.2, 0) is 12.1 Å². The number of aromatic nitrogens is 2. The maximum atomic E-state index is 4.93. The average molecular weight is 388 g/mol. The van der Waals surface area contributed by atoms with E-state index in [-0.39, 0.29) is 11.1 Å². The van der Waals surface area contributed by atoms with Crippen molar-refractivity contribution in [3.05, 3.63) is 60.3 Å². The van der Waals surface area contributed by atoms with Gasteiger partial charge in [0.15, 0.2) is 0 Å². The zero-order valence-corrected chi connectivity index (χ0v) is 18.7. The van der Waals surface area contributed by atoms with Crippen molar-refractivity contribution in [3.8, 4) is 22.4 Å². The van der Waals surface area contributed by atoms with E-state index in [1.807, 2.05) is 0 Å².